The molecule has 1 aromatic carbocycles. The molecular weight excluding hydrogens is 280 g/mol. The summed E-state index contributed by atoms with van der Waals surface area (Å²) in [4.78, 5) is 14.5. The summed E-state index contributed by atoms with van der Waals surface area (Å²) in [6.45, 7) is 1.56. The molecule has 0 amide bonds. The quantitative estimate of drug-likeness (QED) is 0.637. The first-order chi connectivity index (χ1) is 9.42. The fraction of sp³-hybridized carbons (Fsp3) is 0.154. The van der Waals surface area contributed by atoms with Gasteiger partial charge in [-0.15, -0.1) is 0 Å². The molecule has 0 unspecified atom stereocenters. The summed E-state index contributed by atoms with van der Waals surface area (Å²) in [5.74, 6) is -0.438. The molecular formula is C13H12N2O4S. The number of hydrogen-bond donors (Lipinski definition) is 0. The number of rotatable bonds is 4. The minimum Gasteiger partial charge on any atom is -0.261 e. The predicted octanol–water partition coefficient (Wildman–Crippen LogP) is 2.27. The number of sulfone groups is 1. The second-order valence-electron chi connectivity index (χ2n) is 4.22. The topological polar surface area (TPSA) is 90.2 Å². The molecule has 104 valence electrons. The van der Waals surface area contributed by atoms with E-state index in [9.17, 15) is 18.5 Å². The predicted molar refractivity (Wildman–Crippen MR) is 73.0 cm³/mol. The van der Waals surface area contributed by atoms with Crippen LogP contribution in [0.3, 0.4) is 0 Å². The van der Waals surface area contributed by atoms with Crippen LogP contribution in [0.2, 0.25) is 0 Å². The van der Waals surface area contributed by atoms with E-state index < -0.39 is 20.5 Å². The van der Waals surface area contributed by atoms with Crippen LogP contribution in [-0.4, -0.2) is 18.3 Å². The molecule has 0 bridgehead atoms. The van der Waals surface area contributed by atoms with Gasteiger partial charge in [0.1, 0.15) is 0 Å². The fourth-order valence-corrected chi connectivity index (χ4v) is 3.31. The van der Waals surface area contributed by atoms with E-state index >= 15 is 0 Å². The van der Waals surface area contributed by atoms with Crippen LogP contribution in [0.1, 0.15) is 11.3 Å². The lowest BCUT2D eigenvalue weighted by molar-refractivity contribution is -0.385. The second-order valence-corrected chi connectivity index (χ2v) is 6.21. The van der Waals surface area contributed by atoms with E-state index in [1.807, 2.05) is 0 Å². The molecule has 7 heteroatoms. The Balaban J connectivity index is 2.48. The maximum absolute atomic E-state index is 12.3. The molecule has 0 aliphatic heterocycles. The maximum Gasteiger partial charge on any atom is 0.276 e. The molecule has 0 saturated carbocycles. The van der Waals surface area contributed by atoms with E-state index in [2.05, 4.69) is 4.98 Å². The minimum atomic E-state index is -3.64. The normalized spacial score (nSPS) is 11.2. The van der Waals surface area contributed by atoms with Crippen molar-refractivity contribution in [2.75, 3.05) is 0 Å². The van der Waals surface area contributed by atoms with Crippen molar-refractivity contribution in [3.8, 4) is 0 Å². The average Bonchev–Trinajstić information content (AvgIpc) is 2.41. The highest BCUT2D eigenvalue weighted by molar-refractivity contribution is 7.90. The maximum atomic E-state index is 12.3. The van der Waals surface area contributed by atoms with Crippen LogP contribution in [-0.2, 0) is 15.6 Å². The van der Waals surface area contributed by atoms with Crippen LogP contribution in [0.25, 0.3) is 0 Å². The second kappa shape index (κ2) is 5.38. The van der Waals surface area contributed by atoms with Crippen LogP contribution in [0.5, 0.6) is 0 Å². The van der Waals surface area contributed by atoms with Crippen molar-refractivity contribution >= 4 is 15.5 Å². The molecule has 1 heterocycles. The van der Waals surface area contributed by atoms with E-state index in [-0.39, 0.29) is 16.1 Å². The summed E-state index contributed by atoms with van der Waals surface area (Å²) in [5, 5.41) is 11.0. The van der Waals surface area contributed by atoms with Gasteiger partial charge < -0.3 is 0 Å². The third kappa shape index (κ3) is 2.83. The van der Waals surface area contributed by atoms with Gasteiger partial charge in [0, 0.05) is 18.0 Å². The van der Waals surface area contributed by atoms with Gasteiger partial charge in [-0.3, -0.25) is 15.1 Å². The molecule has 0 fully saturated rings. The Morgan fingerprint density at radius 1 is 1.20 bits per heavy atom. The standard InChI is InChI=1S/C13H12N2O4S/c1-10-12(13(15(16)17)7-8-14-10)9-20(18,19)11-5-3-2-4-6-11/h2-8H,9H2,1H3. The number of pyridine rings is 1. The van der Waals surface area contributed by atoms with Crippen molar-refractivity contribution in [2.45, 2.75) is 17.6 Å². The molecule has 0 atom stereocenters. The van der Waals surface area contributed by atoms with Gasteiger partial charge in [0.15, 0.2) is 9.84 Å². The first-order valence-electron chi connectivity index (χ1n) is 5.78. The highest BCUT2D eigenvalue weighted by atomic mass is 32.2. The van der Waals surface area contributed by atoms with Gasteiger partial charge in [0.2, 0.25) is 0 Å². The van der Waals surface area contributed by atoms with Crippen LogP contribution in [0.15, 0.2) is 47.5 Å². The van der Waals surface area contributed by atoms with E-state index in [1.54, 1.807) is 25.1 Å². The molecule has 0 aliphatic carbocycles. The van der Waals surface area contributed by atoms with E-state index in [0.29, 0.717) is 5.69 Å². The molecule has 2 rings (SSSR count). The summed E-state index contributed by atoms with van der Waals surface area (Å²) in [6, 6.07) is 9.06. The summed E-state index contributed by atoms with van der Waals surface area (Å²) >= 11 is 0. The van der Waals surface area contributed by atoms with E-state index in [0.717, 1.165) is 0 Å². The summed E-state index contributed by atoms with van der Waals surface area (Å²) in [5.41, 5.74) is 0.247. The van der Waals surface area contributed by atoms with Crippen molar-refractivity contribution in [1.29, 1.82) is 0 Å². The molecule has 0 spiro atoms. The van der Waals surface area contributed by atoms with Crippen LogP contribution >= 0.6 is 0 Å². The highest BCUT2D eigenvalue weighted by Crippen LogP contribution is 2.25. The molecule has 1 aromatic heterocycles. The highest BCUT2D eigenvalue weighted by Gasteiger charge is 2.24. The number of aryl methyl sites for hydroxylation is 1. The van der Waals surface area contributed by atoms with Gasteiger partial charge >= 0.3 is 0 Å². The summed E-state index contributed by atoms with van der Waals surface area (Å²) < 4.78 is 24.6. The Hall–Kier alpha value is -2.28. The third-order valence-corrected chi connectivity index (χ3v) is 4.54. The molecule has 6 nitrogen and oxygen atoms in total. The number of aromatic nitrogens is 1. The molecule has 2 aromatic rings. The Labute approximate surface area is 116 Å². The Morgan fingerprint density at radius 2 is 1.85 bits per heavy atom. The Bertz CT molecular complexity index is 742. The van der Waals surface area contributed by atoms with Crippen molar-refractivity contribution in [2.24, 2.45) is 0 Å². The van der Waals surface area contributed by atoms with Crippen molar-refractivity contribution < 1.29 is 13.3 Å². The summed E-state index contributed by atoms with van der Waals surface area (Å²) in [6.07, 6.45) is 1.30. The van der Waals surface area contributed by atoms with Crippen molar-refractivity contribution in [3.63, 3.8) is 0 Å². The monoisotopic (exact) mass is 292 g/mol. The zero-order valence-corrected chi connectivity index (χ0v) is 11.5. The van der Waals surface area contributed by atoms with Gasteiger partial charge in [-0.25, -0.2) is 8.42 Å². The lowest BCUT2D eigenvalue weighted by Crippen LogP contribution is -2.09. The number of benzene rings is 1. The largest absolute Gasteiger partial charge is 0.276 e. The smallest absolute Gasteiger partial charge is 0.261 e. The SMILES string of the molecule is Cc1nccc([N+](=O)[O-])c1CS(=O)(=O)c1ccccc1. The van der Waals surface area contributed by atoms with Gasteiger partial charge in [0.05, 0.1) is 21.1 Å². The van der Waals surface area contributed by atoms with Gasteiger partial charge in [-0.2, -0.15) is 0 Å². The van der Waals surface area contributed by atoms with Crippen LogP contribution < -0.4 is 0 Å². The molecule has 20 heavy (non-hydrogen) atoms. The Kier molecular flexibility index (Phi) is 3.80. The van der Waals surface area contributed by atoms with Gasteiger partial charge in [0.25, 0.3) is 5.69 Å². The molecule has 0 radical (unpaired) electrons. The number of nitrogens with zero attached hydrogens (tertiary/aromatic N) is 2. The first-order valence-corrected chi connectivity index (χ1v) is 7.44. The third-order valence-electron chi connectivity index (χ3n) is 2.88. The van der Waals surface area contributed by atoms with Crippen molar-refractivity contribution in [3.05, 3.63) is 64.0 Å². The molecule has 0 saturated heterocycles. The minimum absolute atomic E-state index is 0.126. The molecule has 0 aliphatic rings. The first kappa shape index (κ1) is 14.1. The van der Waals surface area contributed by atoms with Crippen LogP contribution in [0, 0.1) is 17.0 Å². The average molecular weight is 292 g/mol. The summed E-state index contributed by atoms with van der Waals surface area (Å²) in [7, 11) is -3.64. The van der Waals surface area contributed by atoms with Crippen LogP contribution in [0.4, 0.5) is 5.69 Å². The van der Waals surface area contributed by atoms with E-state index in [1.165, 1.54) is 24.4 Å². The Morgan fingerprint density at radius 3 is 2.45 bits per heavy atom. The molecule has 0 N–H and O–H groups in total. The van der Waals surface area contributed by atoms with E-state index in [4.69, 9.17) is 0 Å². The number of nitro groups is 1. The number of hydrogen-bond acceptors (Lipinski definition) is 5. The lowest BCUT2D eigenvalue weighted by atomic mass is 10.2. The van der Waals surface area contributed by atoms with Crippen molar-refractivity contribution in [1.82, 2.24) is 4.98 Å². The van der Waals surface area contributed by atoms with Gasteiger partial charge in [-0.1, -0.05) is 18.2 Å². The van der Waals surface area contributed by atoms with Gasteiger partial charge in [-0.05, 0) is 19.1 Å². The lowest BCUT2D eigenvalue weighted by Gasteiger charge is -2.07. The zero-order valence-electron chi connectivity index (χ0n) is 10.7. The zero-order chi connectivity index (χ0) is 14.8. The fourth-order valence-electron chi connectivity index (χ4n) is 1.83.